The van der Waals surface area contributed by atoms with E-state index < -0.39 is 0 Å². The summed E-state index contributed by atoms with van der Waals surface area (Å²) in [6, 6.07) is 41.5. The molecule has 0 spiro atoms. The van der Waals surface area contributed by atoms with Crippen molar-refractivity contribution in [2.45, 2.75) is 6.42 Å². The third-order valence-electron chi connectivity index (χ3n) is 8.35. The lowest BCUT2D eigenvalue weighted by Crippen LogP contribution is -2.24. The van der Waals surface area contributed by atoms with E-state index in [4.69, 9.17) is 4.99 Å². The van der Waals surface area contributed by atoms with Gasteiger partial charge in [-0.15, -0.1) is 0 Å². The van der Waals surface area contributed by atoms with Crippen molar-refractivity contribution < 1.29 is 0 Å². The van der Waals surface area contributed by atoms with Gasteiger partial charge in [0.25, 0.3) is 0 Å². The fraction of sp³-hybridized carbons (Fsp3) is 0.0278. The highest BCUT2D eigenvalue weighted by molar-refractivity contribution is 6.11. The SMILES string of the molecule is C1=C2N=c3ccc(-n4c5ccccc5c5ccccc54)cc3=C2CC(n2c3ccccc3c3ccccc32)=C1. The molecule has 0 N–H and O–H groups in total. The quantitative estimate of drug-likeness (QED) is 0.236. The van der Waals surface area contributed by atoms with Gasteiger partial charge in [0, 0.05) is 44.6 Å². The molecule has 3 heterocycles. The standard InChI is InChI=1S/C36H23N3/c1-5-13-33-25(9-1)26-10-2-6-14-34(26)38(33)23-17-19-31-29(21-23)30-22-24(18-20-32(30)37-31)39-35-15-7-3-11-27(35)28-12-4-8-16-36(28)39/h1-21H,22H2. The normalized spacial score (nSPS) is 14.5. The monoisotopic (exact) mass is 497 g/mol. The van der Waals surface area contributed by atoms with Gasteiger partial charge in [0.15, 0.2) is 0 Å². The zero-order valence-corrected chi connectivity index (χ0v) is 21.2. The molecule has 0 saturated carbocycles. The number of aromatic nitrogens is 2. The van der Waals surface area contributed by atoms with Gasteiger partial charge in [-0.1, -0.05) is 72.8 Å². The first kappa shape index (κ1) is 20.9. The highest BCUT2D eigenvalue weighted by Crippen LogP contribution is 2.37. The van der Waals surface area contributed by atoms with Crippen molar-refractivity contribution in [1.82, 2.24) is 9.13 Å². The van der Waals surface area contributed by atoms with Gasteiger partial charge in [-0.05, 0) is 60.2 Å². The minimum Gasteiger partial charge on any atom is -0.313 e. The van der Waals surface area contributed by atoms with E-state index in [1.165, 1.54) is 65.8 Å². The van der Waals surface area contributed by atoms with Crippen molar-refractivity contribution in [3.63, 3.8) is 0 Å². The second-order valence-electron chi connectivity index (χ2n) is 10.4. The van der Waals surface area contributed by atoms with Crippen molar-refractivity contribution in [1.29, 1.82) is 0 Å². The summed E-state index contributed by atoms with van der Waals surface area (Å²) in [7, 11) is 0. The lowest BCUT2D eigenvalue weighted by Gasteiger charge is -2.17. The lowest BCUT2D eigenvalue weighted by atomic mass is 10.00. The second-order valence-corrected chi connectivity index (χ2v) is 10.4. The predicted octanol–water partition coefficient (Wildman–Crippen LogP) is 7.50. The summed E-state index contributed by atoms with van der Waals surface area (Å²) in [6.45, 7) is 0. The molecule has 0 unspecified atom stereocenters. The van der Waals surface area contributed by atoms with Crippen molar-refractivity contribution in [2.75, 3.05) is 0 Å². The maximum atomic E-state index is 5.02. The second kappa shape index (κ2) is 7.68. The third kappa shape index (κ3) is 2.84. The lowest BCUT2D eigenvalue weighted by molar-refractivity contribution is 1.13. The van der Waals surface area contributed by atoms with E-state index in [0.29, 0.717) is 0 Å². The van der Waals surface area contributed by atoms with Gasteiger partial charge in [-0.3, -0.25) is 0 Å². The van der Waals surface area contributed by atoms with Crippen LogP contribution in [0, 0.1) is 0 Å². The molecule has 1 aliphatic heterocycles. The van der Waals surface area contributed by atoms with E-state index in [2.05, 4.69) is 137 Å². The van der Waals surface area contributed by atoms with Crippen LogP contribution in [0.25, 0.3) is 60.6 Å². The predicted molar refractivity (Wildman–Crippen MR) is 161 cm³/mol. The van der Waals surface area contributed by atoms with Crippen molar-refractivity contribution >= 4 is 54.9 Å². The smallest absolute Gasteiger partial charge is 0.0714 e. The third-order valence-corrected chi connectivity index (χ3v) is 8.35. The molecule has 0 saturated heterocycles. The number of allylic oxidation sites excluding steroid dienone is 4. The number of benzene rings is 5. The summed E-state index contributed by atoms with van der Waals surface area (Å²) in [5.41, 5.74) is 9.77. The number of para-hydroxylation sites is 4. The molecule has 39 heavy (non-hydrogen) atoms. The Labute approximate surface area is 224 Å². The molecule has 3 heteroatoms. The molecular formula is C36H23N3. The maximum absolute atomic E-state index is 5.02. The van der Waals surface area contributed by atoms with Gasteiger partial charge < -0.3 is 9.13 Å². The van der Waals surface area contributed by atoms with Crippen LogP contribution in [0.3, 0.4) is 0 Å². The largest absolute Gasteiger partial charge is 0.313 e. The molecule has 7 aromatic rings. The Morgan fingerprint density at radius 1 is 0.513 bits per heavy atom. The Kier molecular flexibility index (Phi) is 4.11. The minimum absolute atomic E-state index is 0.835. The number of fused-ring (bicyclic) bond motifs is 8. The number of rotatable bonds is 2. The molecule has 0 radical (unpaired) electrons. The van der Waals surface area contributed by atoms with E-state index in [0.717, 1.165) is 17.5 Å². The average molecular weight is 498 g/mol. The average Bonchev–Trinajstić information content (AvgIpc) is 3.64. The van der Waals surface area contributed by atoms with Gasteiger partial charge >= 0.3 is 0 Å². The molecule has 2 aromatic heterocycles. The summed E-state index contributed by atoms with van der Waals surface area (Å²) in [5.74, 6) is 0. The Balaban J connectivity index is 1.26. The Hall–Kier alpha value is -5.15. The molecule has 0 atom stereocenters. The minimum atomic E-state index is 0.835. The van der Waals surface area contributed by atoms with Crippen molar-refractivity contribution in [2.24, 2.45) is 4.99 Å². The zero-order chi connectivity index (χ0) is 25.5. The Morgan fingerprint density at radius 2 is 1.03 bits per heavy atom. The fourth-order valence-electron chi connectivity index (χ4n) is 6.66. The zero-order valence-electron chi connectivity index (χ0n) is 21.2. The van der Waals surface area contributed by atoms with Gasteiger partial charge in [0.1, 0.15) is 0 Å². The molecule has 9 rings (SSSR count). The summed E-state index contributed by atoms with van der Waals surface area (Å²) in [5, 5.41) is 7.42. The van der Waals surface area contributed by atoms with Gasteiger partial charge in [0.05, 0.1) is 33.1 Å². The molecular weight excluding hydrogens is 474 g/mol. The first-order valence-corrected chi connectivity index (χ1v) is 13.5. The Morgan fingerprint density at radius 3 is 1.59 bits per heavy atom. The maximum Gasteiger partial charge on any atom is 0.0714 e. The first-order chi connectivity index (χ1) is 19.3. The fourth-order valence-corrected chi connectivity index (χ4v) is 6.66. The van der Waals surface area contributed by atoms with E-state index in [1.54, 1.807) is 0 Å². The molecule has 0 amide bonds. The van der Waals surface area contributed by atoms with Crippen LogP contribution in [0.2, 0.25) is 0 Å². The van der Waals surface area contributed by atoms with Crippen LogP contribution < -0.4 is 10.6 Å². The van der Waals surface area contributed by atoms with E-state index >= 15 is 0 Å². The van der Waals surface area contributed by atoms with Crippen LogP contribution in [0.15, 0.2) is 138 Å². The first-order valence-electron chi connectivity index (χ1n) is 13.5. The summed E-state index contributed by atoms with van der Waals surface area (Å²) >= 11 is 0. The van der Waals surface area contributed by atoms with Crippen LogP contribution in [-0.2, 0) is 0 Å². The van der Waals surface area contributed by atoms with E-state index in [9.17, 15) is 0 Å². The van der Waals surface area contributed by atoms with Crippen LogP contribution in [0.1, 0.15) is 6.42 Å². The molecule has 5 aromatic carbocycles. The molecule has 2 aliphatic rings. The number of hydrogen-bond acceptors (Lipinski definition) is 1. The van der Waals surface area contributed by atoms with Gasteiger partial charge in [-0.25, -0.2) is 4.99 Å². The number of hydrogen-bond donors (Lipinski definition) is 0. The van der Waals surface area contributed by atoms with Crippen molar-refractivity contribution in [3.8, 4) is 5.69 Å². The molecule has 1 aliphatic carbocycles. The highest BCUT2D eigenvalue weighted by Gasteiger charge is 2.22. The number of nitrogens with zero attached hydrogens (tertiary/aromatic N) is 3. The van der Waals surface area contributed by atoms with E-state index in [1.807, 2.05) is 0 Å². The molecule has 182 valence electrons. The summed E-state index contributed by atoms with van der Waals surface area (Å²) in [6.07, 6.45) is 5.28. The summed E-state index contributed by atoms with van der Waals surface area (Å²) < 4.78 is 4.82. The van der Waals surface area contributed by atoms with Crippen LogP contribution in [0.4, 0.5) is 0 Å². The molecule has 0 bridgehead atoms. The molecule has 0 fully saturated rings. The highest BCUT2D eigenvalue weighted by atomic mass is 15.0. The van der Waals surface area contributed by atoms with Gasteiger partial charge in [0.2, 0.25) is 0 Å². The molecule has 3 nitrogen and oxygen atoms in total. The Bertz CT molecular complexity index is 2250. The topological polar surface area (TPSA) is 22.2 Å². The van der Waals surface area contributed by atoms with Crippen LogP contribution in [0.5, 0.6) is 0 Å². The van der Waals surface area contributed by atoms with E-state index in [-0.39, 0.29) is 0 Å². The van der Waals surface area contributed by atoms with Crippen LogP contribution in [-0.4, -0.2) is 9.13 Å². The van der Waals surface area contributed by atoms with Crippen molar-refractivity contribution in [3.05, 3.63) is 144 Å². The van der Waals surface area contributed by atoms with Crippen LogP contribution >= 0.6 is 0 Å². The summed E-state index contributed by atoms with van der Waals surface area (Å²) in [4.78, 5) is 5.02. The van der Waals surface area contributed by atoms with Gasteiger partial charge in [-0.2, -0.15) is 0 Å².